The van der Waals surface area contributed by atoms with Gasteiger partial charge in [-0.05, 0) is 161 Å². The highest BCUT2D eigenvalue weighted by molar-refractivity contribution is 5.71. The smallest absolute Gasteiger partial charge is 0.306 e. The first-order valence-corrected chi connectivity index (χ1v) is 33.3. The molecule has 1 unspecified atom stereocenters. The van der Waals surface area contributed by atoms with E-state index < -0.39 is 6.10 Å². The average molecular weight is 1140 g/mol. The fourth-order valence-corrected chi connectivity index (χ4v) is 8.46. The van der Waals surface area contributed by atoms with E-state index in [9.17, 15) is 14.4 Å². The van der Waals surface area contributed by atoms with Gasteiger partial charge in [-0.25, -0.2) is 0 Å². The van der Waals surface area contributed by atoms with Crippen LogP contribution < -0.4 is 0 Å². The zero-order valence-electron chi connectivity index (χ0n) is 53.1. The van der Waals surface area contributed by atoms with Crippen LogP contribution in [-0.4, -0.2) is 37.2 Å². The van der Waals surface area contributed by atoms with Crippen molar-refractivity contribution >= 4 is 17.9 Å². The van der Waals surface area contributed by atoms with E-state index in [-0.39, 0.29) is 37.5 Å². The summed E-state index contributed by atoms with van der Waals surface area (Å²) in [5, 5.41) is 0. The molecule has 0 saturated heterocycles. The van der Waals surface area contributed by atoms with E-state index in [1.807, 2.05) is 0 Å². The van der Waals surface area contributed by atoms with Gasteiger partial charge in [0.05, 0.1) is 0 Å². The Balaban J connectivity index is 4.56. The quantitative estimate of drug-likeness (QED) is 0.0261. The van der Waals surface area contributed by atoms with Crippen molar-refractivity contribution in [2.75, 3.05) is 13.2 Å². The second-order valence-electron chi connectivity index (χ2n) is 21.3. The Morgan fingerprint density at radius 3 is 0.759 bits per heavy atom. The lowest BCUT2D eigenvalue weighted by molar-refractivity contribution is -0.167. The first-order chi connectivity index (χ1) is 41.0. The average Bonchev–Trinajstić information content (AvgIpc) is 3.49. The molecule has 0 fully saturated rings. The van der Waals surface area contributed by atoms with E-state index in [4.69, 9.17) is 14.2 Å². The number of carbonyl (C=O) groups excluding carboxylic acids is 3. The predicted octanol–water partition coefficient (Wildman–Crippen LogP) is 23.2. The normalized spacial score (nSPS) is 13.3. The van der Waals surface area contributed by atoms with E-state index in [2.05, 4.69) is 203 Å². The number of allylic oxidation sites excluding steroid dienone is 30. The molecule has 6 heteroatoms. The van der Waals surface area contributed by atoms with Crippen LogP contribution >= 0.6 is 0 Å². The highest BCUT2D eigenvalue weighted by Crippen LogP contribution is 2.13. The van der Waals surface area contributed by atoms with Crippen LogP contribution in [0.25, 0.3) is 0 Å². The molecular weight excluding hydrogens is 1020 g/mol. The Bertz CT molecular complexity index is 1940. The van der Waals surface area contributed by atoms with Crippen LogP contribution in [0, 0.1) is 0 Å². The summed E-state index contributed by atoms with van der Waals surface area (Å²) >= 11 is 0. The molecule has 0 heterocycles. The largest absolute Gasteiger partial charge is 0.462 e. The van der Waals surface area contributed by atoms with E-state index in [1.54, 1.807) is 0 Å². The van der Waals surface area contributed by atoms with Crippen LogP contribution in [0.5, 0.6) is 0 Å². The second-order valence-corrected chi connectivity index (χ2v) is 21.3. The van der Waals surface area contributed by atoms with Crippen molar-refractivity contribution in [3.05, 3.63) is 182 Å². The third-order valence-corrected chi connectivity index (χ3v) is 13.4. The van der Waals surface area contributed by atoms with Gasteiger partial charge in [0.2, 0.25) is 0 Å². The molecule has 0 aromatic heterocycles. The lowest BCUT2D eigenvalue weighted by atomic mass is 10.1. The maximum Gasteiger partial charge on any atom is 0.306 e. The fraction of sp³-hybridized carbons (Fsp3) is 0.571. The lowest BCUT2D eigenvalue weighted by Gasteiger charge is -2.18. The van der Waals surface area contributed by atoms with Crippen molar-refractivity contribution in [1.82, 2.24) is 0 Å². The standard InChI is InChI=1S/C77H120O6/c1-4-7-10-13-16-19-22-25-28-30-32-34-36-38-40-42-44-46-49-52-55-58-61-64-67-70-76(79)82-73-74(72-81-75(78)69-66-63-60-57-54-51-48-27-24-21-18-15-12-9-6-3)83-77(80)71-68-65-62-59-56-53-50-47-45-43-41-39-37-35-33-31-29-26-23-20-17-14-11-8-5-2/h7-8,10-11,16-17,19-20,25-29,32-35,38-41,44-48,52-53,55-56,74H,4-6,9,12-15,18,21-24,30-31,36-37,42-43,49-51,54,57-73H2,1-3H3/b10-7-,11-8-,19-16-,20-17-,28-25-,29-26-,34-32-,35-33-,40-38-,41-39-,46-44-,47-45-,48-27-,55-52-,56-53-. The molecule has 6 nitrogen and oxygen atoms in total. The number of ether oxygens (including phenoxy) is 3. The van der Waals surface area contributed by atoms with E-state index >= 15 is 0 Å². The molecule has 1 atom stereocenters. The number of hydrogen-bond acceptors (Lipinski definition) is 6. The summed E-state index contributed by atoms with van der Waals surface area (Å²) in [4.78, 5) is 38.4. The summed E-state index contributed by atoms with van der Waals surface area (Å²) in [6.45, 7) is 6.34. The first-order valence-electron chi connectivity index (χ1n) is 33.3. The molecule has 0 aromatic carbocycles. The zero-order valence-corrected chi connectivity index (χ0v) is 53.1. The SMILES string of the molecule is CC/C=C\C/C=C\C/C=C\C/C=C\C/C=C\C/C=C\C/C=C\CCCCCC(=O)OCC(COC(=O)CCCCCCC/C=C\CCCCCCCC)OC(=O)CCCCC/C=C\C/C=C\C/C=C\C/C=C\C/C=C\C/C=C\C/C=C\CC. The van der Waals surface area contributed by atoms with Gasteiger partial charge in [-0.2, -0.15) is 0 Å². The predicted molar refractivity (Wildman–Crippen MR) is 361 cm³/mol. The van der Waals surface area contributed by atoms with Crippen LogP contribution in [-0.2, 0) is 28.6 Å². The van der Waals surface area contributed by atoms with Crippen molar-refractivity contribution < 1.29 is 28.6 Å². The number of hydrogen-bond donors (Lipinski definition) is 0. The molecule has 83 heavy (non-hydrogen) atoms. The van der Waals surface area contributed by atoms with Gasteiger partial charge in [0.15, 0.2) is 6.10 Å². The van der Waals surface area contributed by atoms with Crippen LogP contribution in [0.1, 0.15) is 265 Å². The van der Waals surface area contributed by atoms with Gasteiger partial charge in [0, 0.05) is 19.3 Å². The number of carbonyl (C=O) groups is 3. The van der Waals surface area contributed by atoms with Crippen molar-refractivity contribution in [3.63, 3.8) is 0 Å². The number of unbranched alkanes of at least 4 members (excludes halogenated alkanes) is 17. The summed E-state index contributed by atoms with van der Waals surface area (Å²) in [6, 6.07) is 0. The monoisotopic (exact) mass is 1140 g/mol. The molecule has 0 amide bonds. The topological polar surface area (TPSA) is 78.9 Å². The molecule has 0 aliphatic heterocycles. The molecule has 0 radical (unpaired) electrons. The summed E-state index contributed by atoms with van der Waals surface area (Å²) in [6.07, 6.45) is 103. The van der Waals surface area contributed by atoms with E-state index in [0.717, 1.165) is 167 Å². The molecule has 0 saturated carbocycles. The van der Waals surface area contributed by atoms with Gasteiger partial charge >= 0.3 is 17.9 Å². The molecule has 464 valence electrons. The maximum absolute atomic E-state index is 12.9. The van der Waals surface area contributed by atoms with Gasteiger partial charge in [0.1, 0.15) is 13.2 Å². The Kier molecular flexibility index (Phi) is 64.4. The van der Waals surface area contributed by atoms with Crippen LogP contribution in [0.4, 0.5) is 0 Å². The summed E-state index contributed by atoms with van der Waals surface area (Å²) < 4.78 is 16.9. The van der Waals surface area contributed by atoms with Gasteiger partial charge < -0.3 is 14.2 Å². The Labute approximate surface area is 510 Å². The lowest BCUT2D eigenvalue weighted by Crippen LogP contribution is -2.30. The van der Waals surface area contributed by atoms with Gasteiger partial charge in [-0.15, -0.1) is 0 Å². The van der Waals surface area contributed by atoms with Gasteiger partial charge in [0.25, 0.3) is 0 Å². The minimum atomic E-state index is -0.826. The molecule has 0 N–H and O–H groups in total. The summed E-state index contributed by atoms with van der Waals surface area (Å²) in [5.41, 5.74) is 0. The van der Waals surface area contributed by atoms with Crippen LogP contribution in [0.2, 0.25) is 0 Å². The van der Waals surface area contributed by atoms with Crippen LogP contribution in [0.15, 0.2) is 182 Å². The molecule has 0 aromatic rings. The number of esters is 3. The van der Waals surface area contributed by atoms with E-state index in [0.29, 0.717) is 19.3 Å². The van der Waals surface area contributed by atoms with Crippen molar-refractivity contribution in [2.24, 2.45) is 0 Å². The first kappa shape index (κ1) is 77.5. The van der Waals surface area contributed by atoms with Gasteiger partial charge in [-0.1, -0.05) is 267 Å². The van der Waals surface area contributed by atoms with Crippen molar-refractivity contribution in [3.8, 4) is 0 Å². The Morgan fingerprint density at radius 1 is 0.253 bits per heavy atom. The molecule has 0 spiro atoms. The third-order valence-electron chi connectivity index (χ3n) is 13.4. The minimum Gasteiger partial charge on any atom is -0.462 e. The van der Waals surface area contributed by atoms with E-state index in [1.165, 1.54) is 51.4 Å². The molecule has 0 bridgehead atoms. The molecule has 0 rings (SSSR count). The van der Waals surface area contributed by atoms with Crippen LogP contribution in [0.3, 0.4) is 0 Å². The molecular formula is C77H120O6. The molecule has 0 aliphatic carbocycles. The van der Waals surface area contributed by atoms with Crippen molar-refractivity contribution in [2.45, 2.75) is 271 Å². The van der Waals surface area contributed by atoms with Crippen molar-refractivity contribution in [1.29, 1.82) is 0 Å². The fourth-order valence-electron chi connectivity index (χ4n) is 8.46. The Hall–Kier alpha value is -5.49. The summed E-state index contributed by atoms with van der Waals surface area (Å²) in [7, 11) is 0. The zero-order chi connectivity index (χ0) is 59.9. The maximum atomic E-state index is 12.9. The molecule has 0 aliphatic rings. The number of rotatable bonds is 58. The third kappa shape index (κ3) is 67.2. The second kappa shape index (κ2) is 69.0. The Morgan fingerprint density at radius 2 is 0.470 bits per heavy atom. The highest BCUT2D eigenvalue weighted by atomic mass is 16.6. The minimum absolute atomic E-state index is 0.116. The highest BCUT2D eigenvalue weighted by Gasteiger charge is 2.19. The summed E-state index contributed by atoms with van der Waals surface area (Å²) in [5.74, 6) is -0.996. The van der Waals surface area contributed by atoms with Gasteiger partial charge in [-0.3, -0.25) is 14.4 Å².